The van der Waals surface area contributed by atoms with Gasteiger partial charge in [0.25, 0.3) is 5.91 Å². The minimum atomic E-state index is -4.75. The molecule has 1 aromatic carbocycles. The van der Waals surface area contributed by atoms with Crippen LogP contribution in [0.4, 0.5) is 13.2 Å². The third kappa shape index (κ3) is 5.01. The number of rotatable bonds is 5. The maximum absolute atomic E-state index is 12.0. The van der Waals surface area contributed by atoms with Gasteiger partial charge in [0.05, 0.1) is 5.69 Å². The first-order valence-electron chi connectivity index (χ1n) is 6.88. The van der Waals surface area contributed by atoms with Gasteiger partial charge in [-0.1, -0.05) is 0 Å². The van der Waals surface area contributed by atoms with Crippen LogP contribution in [0.1, 0.15) is 21.7 Å². The van der Waals surface area contributed by atoms with Gasteiger partial charge in [-0.3, -0.25) is 9.48 Å². The second-order valence-electron chi connectivity index (χ2n) is 4.98. The van der Waals surface area contributed by atoms with Crippen molar-refractivity contribution in [1.29, 1.82) is 0 Å². The van der Waals surface area contributed by atoms with Gasteiger partial charge in [-0.2, -0.15) is 5.10 Å². The van der Waals surface area contributed by atoms with Gasteiger partial charge in [0.1, 0.15) is 5.75 Å². The molecule has 0 fully saturated rings. The predicted octanol–water partition coefficient (Wildman–Crippen LogP) is 2.60. The molecule has 0 aliphatic carbocycles. The van der Waals surface area contributed by atoms with Crippen LogP contribution in [0.25, 0.3) is 0 Å². The smallest absolute Gasteiger partial charge is 0.406 e. The summed E-state index contributed by atoms with van der Waals surface area (Å²) in [6.07, 6.45) is -4.17. The molecule has 1 N–H and O–H groups in total. The van der Waals surface area contributed by atoms with Crippen LogP contribution in [0, 0.1) is 6.92 Å². The van der Waals surface area contributed by atoms with Crippen LogP contribution in [-0.4, -0.2) is 28.6 Å². The molecule has 0 unspecified atom stereocenters. The maximum Gasteiger partial charge on any atom is 0.573 e. The Morgan fingerprint density at radius 2 is 1.96 bits per heavy atom. The molecule has 1 aromatic heterocycles. The third-order valence-corrected chi connectivity index (χ3v) is 3.18. The van der Waals surface area contributed by atoms with Gasteiger partial charge < -0.3 is 10.1 Å². The summed E-state index contributed by atoms with van der Waals surface area (Å²) in [6.45, 7) is 2.32. The zero-order chi connectivity index (χ0) is 17.0. The van der Waals surface area contributed by atoms with Gasteiger partial charge in [-0.05, 0) is 37.3 Å². The molecule has 0 saturated carbocycles. The van der Waals surface area contributed by atoms with Crippen molar-refractivity contribution in [1.82, 2.24) is 15.1 Å². The first-order chi connectivity index (χ1) is 10.7. The fraction of sp³-hybridized carbons (Fsp3) is 0.333. The van der Waals surface area contributed by atoms with Gasteiger partial charge in [0.15, 0.2) is 0 Å². The number of alkyl halides is 3. The van der Waals surface area contributed by atoms with Crippen molar-refractivity contribution in [2.75, 3.05) is 6.54 Å². The molecule has 0 aliphatic heterocycles. The number of benzene rings is 1. The predicted molar refractivity (Wildman–Crippen MR) is 77.1 cm³/mol. The largest absolute Gasteiger partial charge is 0.573 e. The molecule has 0 bridgehead atoms. The first kappa shape index (κ1) is 16.9. The Morgan fingerprint density at radius 3 is 2.48 bits per heavy atom. The van der Waals surface area contributed by atoms with Crippen LogP contribution in [0.3, 0.4) is 0 Å². The minimum absolute atomic E-state index is 0.261. The van der Waals surface area contributed by atoms with E-state index < -0.39 is 6.36 Å². The summed E-state index contributed by atoms with van der Waals surface area (Å²) in [5, 5.41) is 6.96. The number of carbonyl (C=O) groups is 1. The highest BCUT2D eigenvalue weighted by atomic mass is 19.4. The van der Waals surface area contributed by atoms with Gasteiger partial charge in [-0.25, -0.2) is 0 Å². The summed E-state index contributed by atoms with van der Waals surface area (Å²) >= 11 is 0. The second kappa shape index (κ2) is 6.72. The molecule has 23 heavy (non-hydrogen) atoms. The number of nitrogens with zero attached hydrogens (tertiary/aromatic N) is 2. The number of halogens is 3. The molecule has 0 atom stereocenters. The van der Waals surface area contributed by atoms with Crippen molar-refractivity contribution in [2.24, 2.45) is 7.05 Å². The molecule has 5 nitrogen and oxygen atoms in total. The van der Waals surface area contributed by atoms with E-state index in [2.05, 4.69) is 15.2 Å². The summed E-state index contributed by atoms with van der Waals surface area (Å²) in [5.41, 5.74) is 2.14. The van der Waals surface area contributed by atoms with E-state index in [1.807, 2.05) is 20.0 Å². The summed E-state index contributed by atoms with van der Waals surface area (Å²) in [7, 11) is 1.84. The zero-order valence-electron chi connectivity index (χ0n) is 12.6. The van der Waals surface area contributed by atoms with Crippen LogP contribution in [0.2, 0.25) is 0 Å². The molecular weight excluding hydrogens is 311 g/mol. The van der Waals surface area contributed by atoms with E-state index in [1.165, 1.54) is 12.1 Å². The number of carbonyl (C=O) groups excluding carboxylic acids is 1. The van der Waals surface area contributed by atoms with E-state index >= 15 is 0 Å². The first-order valence-corrected chi connectivity index (χ1v) is 6.88. The fourth-order valence-corrected chi connectivity index (χ4v) is 1.97. The molecule has 8 heteroatoms. The normalized spacial score (nSPS) is 11.3. The summed E-state index contributed by atoms with van der Waals surface area (Å²) in [6, 6.07) is 6.69. The molecule has 2 aromatic rings. The number of hydrogen-bond donors (Lipinski definition) is 1. The lowest BCUT2D eigenvalue weighted by molar-refractivity contribution is -0.274. The average molecular weight is 327 g/mol. The van der Waals surface area contributed by atoms with E-state index in [9.17, 15) is 18.0 Å². The number of ether oxygens (including phenoxy) is 1. The molecule has 0 spiro atoms. The molecular formula is C15H16F3N3O2. The zero-order valence-corrected chi connectivity index (χ0v) is 12.6. The molecule has 0 saturated heterocycles. The van der Waals surface area contributed by atoms with Crippen molar-refractivity contribution in [3.05, 3.63) is 47.3 Å². The van der Waals surface area contributed by atoms with E-state index in [-0.39, 0.29) is 17.2 Å². The Hall–Kier alpha value is -2.51. The van der Waals surface area contributed by atoms with Crippen LogP contribution < -0.4 is 10.1 Å². The lowest BCUT2D eigenvalue weighted by Crippen LogP contribution is -2.25. The lowest BCUT2D eigenvalue weighted by atomic mass is 10.2. The van der Waals surface area contributed by atoms with Crippen molar-refractivity contribution < 1.29 is 22.7 Å². The molecule has 0 aliphatic rings. The number of aromatic nitrogens is 2. The second-order valence-corrected chi connectivity index (χ2v) is 4.98. The van der Waals surface area contributed by atoms with Gasteiger partial charge in [0, 0.05) is 31.3 Å². The standard InChI is InChI=1S/C15H16F3N3O2/c1-10-9-12(20-21(10)2)7-8-19-14(22)11-3-5-13(6-4-11)23-15(16,17)18/h3-6,9H,7-8H2,1-2H3,(H,19,22). The van der Waals surface area contributed by atoms with E-state index in [4.69, 9.17) is 0 Å². The van der Waals surface area contributed by atoms with Gasteiger partial charge >= 0.3 is 6.36 Å². The number of hydrogen-bond acceptors (Lipinski definition) is 3. The number of amides is 1. The summed E-state index contributed by atoms with van der Waals surface area (Å²) in [4.78, 5) is 11.9. The number of nitrogens with one attached hydrogen (secondary N) is 1. The molecule has 124 valence electrons. The highest BCUT2D eigenvalue weighted by molar-refractivity contribution is 5.94. The monoisotopic (exact) mass is 327 g/mol. The highest BCUT2D eigenvalue weighted by Crippen LogP contribution is 2.22. The third-order valence-electron chi connectivity index (χ3n) is 3.18. The fourth-order valence-electron chi connectivity index (χ4n) is 1.97. The molecule has 2 rings (SSSR count). The van der Waals surface area contributed by atoms with E-state index in [1.54, 1.807) is 4.68 Å². The van der Waals surface area contributed by atoms with Crippen LogP contribution >= 0.6 is 0 Å². The Bertz CT molecular complexity index is 659. The van der Waals surface area contributed by atoms with Crippen molar-refractivity contribution in [2.45, 2.75) is 19.7 Å². The highest BCUT2D eigenvalue weighted by Gasteiger charge is 2.31. The molecule has 1 amide bonds. The molecule has 0 radical (unpaired) electrons. The Morgan fingerprint density at radius 1 is 1.30 bits per heavy atom. The van der Waals surface area contributed by atoms with Crippen molar-refractivity contribution in [3.8, 4) is 5.75 Å². The lowest BCUT2D eigenvalue weighted by Gasteiger charge is -2.09. The average Bonchev–Trinajstić information content (AvgIpc) is 2.76. The quantitative estimate of drug-likeness (QED) is 0.918. The van der Waals surface area contributed by atoms with Crippen molar-refractivity contribution in [3.63, 3.8) is 0 Å². The van der Waals surface area contributed by atoms with E-state index in [0.29, 0.717) is 13.0 Å². The topological polar surface area (TPSA) is 56.1 Å². The Balaban J connectivity index is 1.85. The van der Waals surface area contributed by atoms with Crippen LogP contribution in [-0.2, 0) is 13.5 Å². The Kier molecular flexibility index (Phi) is 4.92. The summed E-state index contributed by atoms with van der Waals surface area (Å²) in [5.74, 6) is -0.728. The summed E-state index contributed by atoms with van der Waals surface area (Å²) < 4.78 is 41.6. The van der Waals surface area contributed by atoms with Crippen LogP contribution in [0.15, 0.2) is 30.3 Å². The maximum atomic E-state index is 12.0. The number of aryl methyl sites for hydroxylation is 2. The minimum Gasteiger partial charge on any atom is -0.406 e. The Labute approximate surface area is 131 Å². The SMILES string of the molecule is Cc1cc(CCNC(=O)c2ccc(OC(F)(F)F)cc2)nn1C. The van der Waals surface area contributed by atoms with Crippen molar-refractivity contribution >= 4 is 5.91 Å². The van der Waals surface area contributed by atoms with Gasteiger partial charge in [0.2, 0.25) is 0 Å². The van der Waals surface area contributed by atoms with Gasteiger partial charge in [-0.15, -0.1) is 13.2 Å². The van der Waals surface area contributed by atoms with Crippen LogP contribution in [0.5, 0.6) is 5.75 Å². The van der Waals surface area contributed by atoms with E-state index in [0.717, 1.165) is 23.5 Å². The molecule has 1 heterocycles.